The van der Waals surface area contributed by atoms with Gasteiger partial charge in [-0.05, 0) is 32.4 Å². The first-order valence-corrected chi connectivity index (χ1v) is 7.54. The molecule has 2 aromatic rings. The van der Waals surface area contributed by atoms with Crippen LogP contribution >= 0.6 is 22.7 Å². The molecule has 0 aromatic carbocycles. The Hall–Kier alpha value is -0.710. The second kappa shape index (κ2) is 5.29. The molecule has 0 aliphatic carbocycles. The maximum atomic E-state index is 4.38. The summed E-state index contributed by atoms with van der Waals surface area (Å²) >= 11 is 3.60. The number of rotatable bonds is 5. The van der Waals surface area contributed by atoms with Gasteiger partial charge >= 0.3 is 0 Å². The van der Waals surface area contributed by atoms with Crippen LogP contribution in [0.25, 0.3) is 0 Å². The molecule has 0 unspecified atom stereocenters. The summed E-state index contributed by atoms with van der Waals surface area (Å²) in [4.78, 5) is 7.23. The molecule has 92 valence electrons. The molecular formula is C13H18N2S2. The van der Waals surface area contributed by atoms with Gasteiger partial charge in [0.15, 0.2) is 0 Å². The zero-order valence-electron chi connectivity index (χ0n) is 10.5. The van der Waals surface area contributed by atoms with E-state index < -0.39 is 0 Å². The molecule has 2 aromatic heterocycles. The van der Waals surface area contributed by atoms with E-state index in [0.29, 0.717) is 0 Å². The molecule has 0 radical (unpaired) electrons. The lowest BCUT2D eigenvalue weighted by molar-refractivity contribution is 0.401. The van der Waals surface area contributed by atoms with Crippen LogP contribution in [0, 0.1) is 0 Å². The van der Waals surface area contributed by atoms with E-state index in [1.807, 2.05) is 22.9 Å². The minimum absolute atomic E-state index is 0.0511. The van der Waals surface area contributed by atoms with Crippen LogP contribution in [0.15, 0.2) is 23.7 Å². The van der Waals surface area contributed by atoms with Crippen LogP contribution in [0.2, 0.25) is 0 Å². The summed E-state index contributed by atoms with van der Waals surface area (Å²) in [6.07, 6.45) is 2.99. The largest absolute Gasteiger partial charge is 0.301 e. The predicted molar refractivity (Wildman–Crippen MR) is 75.7 cm³/mol. The van der Waals surface area contributed by atoms with Gasteiger partial charge in [-0.15, -0.1) is 22.7 Å². The van der Waals surface area contributed by atoms with Crippen molar-refractivity contribution in [2.45, 2.75) is 39.3 Å². The molecular weight excluding hydrogens is 248 g/mol. The maximum absolute atomic E-state index is 4.38. The highest BCUT2D eigenvalue weighted by atomic mass is 32.1. The number of thiazole rings is 1. The molecule has 2 heterocycles. The van der Waals surface area contributed by atoms with Crippen LogP contribution in [-0.4, -0.2) is 4.98 Å². The van der Waals surface area contributed by atoms with E-state index in [-0.39, 0.29) is 5.54 Å². The van der Waals surface area contributed by atoms with Crippen molar-refractivity contribution in [2.75, 3.05) is 0 Å². The first kappa shape index (κ1) is 12.7. The minimum atomic E-state index is -0.0511. The highest BCUT2D eigenvalue weighted by Gasteiger charge is 2.22. The number of aryl methyl sites for hydroxylation is 1. The minimum Gasteiger partial charge on any atom is -0.301 e. The third-order valence-electron chi connectivity index (χ3n) is 2.74. The van der Waals surface area contributed by atoms with E-state index >= 15 is 0 Å². The zero-order valence-corrected chi connectivity index (χ0v) is 12.1. The van der Waals surface area contributed by atoms with Gasteiger partial charge in [0, 0.05) is 27.9 Å². The summed E-state index contributed by atoms with van der Waals surface area (Å²) in [7, 11) is 0. The normalized spacial score (nSPS) is 11.9. The fourth-order valence-electron chi connectivity index (χ4n) is 1.62. The Labute approximate surface area is 111 Å². The van der Waals surface area contributed by atoms with Crippen LogP contribution in [0.1, 0.15) is 35.5 Å². The van der Waals surface area contributed by atoms with Crippen molar-refractivity contribution >= 4 is 22.7 Å². The first-order chi connectivity index (χ1) is 8.12. The van der Waals surface area contributed by atoms with Crippen molar-refractivity contribution in [3.63, 3.8) is 0 Å². The molecule has 4 heteroatoms. The first-order valence-electron chi connectivity index (χ1n) is 5.84. The Morgan fingerprint density at radius 3 is 2.65 bits per heavy atom. The van der Waals surface area contributed by atoms with Gasteiger partial charge in [0.25, 0.3) is 0 Å². The highest BCUT2D eigenvalue weighted by molar-refractivity contribution is 7.12. The Balaban J connectivity index is 1.97. The van der Waals surface area contributed by atoms with Gasteiger partial charge in [0.1, 0.15) is 5.01 Å². The molecule has 0 bridgehead atoms. The van der Waals surface area contributed by atoms with Crippen LogP contribution in [0.5, 0.6) is 0 Å². The molecule has 17 heavy (non-hydrogen) atoms. The summed E-state index contributed by atoms with van der Waals surface area (Å²) in [6, 6.07) is 4.44. The summed E-state index contributed by atoms with van der Waals surface area (Å²) in [5, 5.41) is 6.74. The average molecular weight is 266 g/mol. The van der Waals surface area contributed by atoms with Crippen LogP contribution in [-0.2, 0) is 18.5 Å². The lowest BCUT2D eigenvalue weighted by atomic mass is 10.1. The lowest BCUT2D eigenvalue weighted by Gasteiger charge is -2.23. The number of nitrogens with zero attached hydrogens (tertiary/aromatic N) is 1. The van der Waals surface area contributed by atoms with E-state index in [0.717, 1.165) is 18.0 Å². The van der Waals surface area contributed by atoms with Crippen LogP contribution in [0.3, 0.4) is 0 Å². The van der Waals surface area contributed by atoms with Gasteiger partial charge in [0.05, 0.1) is 5.54 Å². The molecule has 1 N–H and O–H groups in total. The number of hydrogen-bond acceptors (Lipinski definition) is 4. The molecule has 2 rings (SSSR count). The summed E-state index contributed by atoms with van der Waals surface area (Å²) in [6.45, 7) is 7.47. The van der Waals surface area contributed by atoms with Gasteiger partial charge in [0.2, 0.25) is 0 Å². The quantitative estimate of drug-likeness (QED) is 0.890. The fraction of sp³-hybridized carbons (Fsp3) is 0.462. The van der Waals surface area contributed by atoms with Crippen LogP contribution < -0.4 is 5.32 Å². The third kappa shape index (κ3) is 3.15. The monoisotopic (exact) mass is 266 g/mol. The maximum Gasteiger partial charge on any atom is 0.112 e. The Kier molecular flexibility index (Phi) is 3.97. The zero-order chi connectivity index (χ0) is 12.3. The second-order valence-corrected chi connectivity index (χ2v) is 6.68. The van der Waals surface area contributed by atoms with Crippen molar-refractivity contribution in [3.05, 3.63) is 38.5 Å². The summed E-state index contributed by atoms with van der Waals surface area (Å²) in [5.74, 6) is 0. The Bertz CT molecular complexity index is 457. The molecule has 0 saturated heterocycles. The van der Waals surface area contributed by atoms with E-state index in [9.17, 15) is 0 Å². The standard InChI is InChI=1S/C13H18N2S2/c1-4-10-5-6-11(17-10)9-15-13(2,3)12-14-7-8-16-12/h5-8,15H,4,9H2,1-3H3. The SMILES string of the molecule is CCc1ccc(CNC(C)(C)c2nccs2)s1. The van der Waals surface area contributed by atoms with Gasteiger partial charge in [-0.1, -0.05) is 6.92 Å². The number of hydrogen-bond donors (Lipinski definition) is 1. The van der Waals surface area contributed by atoms with Gasteiger partial charge < -0.3 is 5.32 Å². The number of nitrogens with one attached hydrogen (secondary N) is 1. The highest BCUT2D eigenvalue weighted by Crippen LogP contribution is 2.24. The smallest absolute Gasteiger partial charge is 0.112 e. The van der Waals surface area contributed by atoms with Gasteiger partial charge in [-0.25, -0.2) is 4.98 Å². The van der Waals surface area contributed by atoms with E-state index in [1.54, 1.807) is 11.3 Å². The fourth-order valence-corrected chi connectivity index (χ4v) is 3.26. The van der Waals surface area contributed by atoms with E-state index in [1.165, 1.54) is 9.75 Å². The third-order valence-corrected chi connectivity index (χ3v) is 5.06. The van der Waals surface area contributed by atoms with Crippen molar-refractivity contribution < 1.29 is 0 Å². The average Bonchev–Trinajstić information content (AvgIpc) is 2.98. The summed E-state index contributed by atoms with van der Waals surface area (Å²) in [5.41, 5.74) is -0.0511. The van der Waals surface area contributed by atoms with E-state index in [4.69, 9.17) is 0 Å². The van der Waals surface area contributed by atoms with Crippen molar-refractivity contribution in [3.8, 4) is 0 Å². The van der Waals surface area contributed by atoms with Crippen molar-refractivity contribution in [1.82, 2.24) is 10.3 Å². The number of aromatic nitrogens is 1. The molecule has 0 spiro atoms. The summed E-state index contributed by atoms with van der Waals surface area (Å²) < 4.78 is 0. The second-order valence-electron chi connectivity index (χ2n) is 4.54. The molecule has 0 aliphatic rings. The molecule has 0 fully saturated rings. The number of thiophene rings is 1. The lowest BCUT2D eigenvalue weighted by Crippen LogP contribution is -2.35. The topological polar surface area (TPSA) is 24.9 Å². The van der Waals surface area contributed by atoms with E-state index in [2.05, 4.69) is 43.2 Å². The Morgan fingerprint density at radius 2 is 2.06 bits per heavy atom. The van der Waals surface area contributed by atoms with Crippen LogP contribution in [0.4, 0.5) is 0 Å². The molecule has 0 amide bonds. The molecule has 0 saturated carbocycles. The van der Waals surface area contributed by atoms with Gasteiger partial charge in [-0.2, -0.15) is 0 Å². The molecule has 0 aliphatic heterocycles. The van der Waals surface area contributed by atoms with Crippen molar-refractivity contribution in [1.29, 1.82) is 0 Å². The molecule has 0 atom stereocenters. The molecule has 2 nitrogen and oxygen atoms in total. The Morgan fingerprint density at radius 1 is 1.29 bits per heavy atom. The van der Waals surface area contributed by atoms with Crippen molar-refractivity contribution in [2.24, 2.45) is 0 Å². The predicted octanol–water partition coefficient (Wildman–Crippen LogP) is 3.79. The van der Waals surface area contributed by atoms with Gasteiger partial charge in [-0.3, -0.25) is 0 Å².